The van der Waals surface area contributed by atoms with Gasteiger partial charge in [0.05, 0.1) is 0 Å². The van der Waals surface area contributed by atoms with Crippen LogP contribution in [-0.4, -0.2) is 45.6 Å². The standard InChI is InChI=1S/C14H24O6/c1-8(2)14(18)7-6-13(5,17)11(19-9(3)15)12(14)20-10(4)16/h8,11-12,17-18H,6-7H2,1-5H3/t11-,12-,13+,14-/m1/s1. The van der Waals surface area contributed by atoms with Gasteiger partial charge in [-0.05, 0) is 25.7 Å². The minimum atomic E-state index is -1.35. The molecule has 0 bridgehead atoms. The van der Waals surface area contributed by atoms with Crippen LogP contribution in [0.1, 0.15) is 47.5 Å². The number of aliphatic hydroxyl groups is 2. The maximum atomic E-state index is 11.3. The van der Waals surface area contributed by atoms with E-state index in [1.165, 1.54) is 20.8 Å². The summed E-state index contributed by atoms with van der Waals surface area (Å²) in [5.41, 5.74) is -2.69. The van der Waals surface area contributed by atoms with Crippen molar-refractivity contribution in [3.63, 3.8) is 0 Å². The summed E-state index contributed by atoms with van der Waals surface area (Å²) in [6.45, 7) is 7.53. The molecule has 0 saturated heterocycles. The van der Waals surface area contributed by atoms with Gasteiger partial charge in [-0.25, -0.2) is 0 Å². The Bertz CT molecular complexity index is 389. The molecule has 0 aliphatic heterocycles. The number of rotatable bonds is 3. The van der Waals surface area contributed by atoms with Gasteiger partial charge in [0.25, 0.3) is 0 Å². The Kier molecular flexibility index (Phi) is 4.82. The number of carbonyl (C=O) groups is 2. The smallest absolute Gasteiger partial charge is 0.303 e. The number of ether oxygens (including phenoxy) is 2. The van der Waals surface area contributed by atoms with Gasteiger partial charge in [0.2, 0.25) is 0 Å². The van der Waals surface area contributed by atoms with Gasteiger partial charge in [-0.1, -0.05) is 13.8 Å². The van der Waals surface area contributed by atoms with Crippen LogP contribution in [0.3, 0.4) is 0 Å². The van der Waals surface area contributed by atoms with Crippen molar-refractivity contribution in [2.45, 2.75) is 70.9 Å². The molecule has 0 aromatic heterocycles. The fraction of sp³-hybridized carbons (Fsp3) is 0.857. The van der Waals surface area contributed by atoms with Crippen molar-refractivity contribution in [3.05, 3.63) is 0 Å². The van der Waals surface area contributed by atoms with Crippen molar-refractivity contribution in [3.8, 4) is 0 Å². The Morgan fingerprint density at radius 3 is 1.90 bits per heavy atom. The van der Waals surface area contributed by atoms with Gasteiger partial charge in [-0.3, -0.25) is 9.59 Å². The third-order valence-corrected chi connectivity index (χ3v) is 4.00. The lowest BCUT2D eigenvalue weighted by Crippen LogP contribution is -2.66. The molecule has 1 saturated carbocycles. The van der Waals surface area contributed by atoms with Crippen molar-refractivity contribution < 1.29 is 29.3 Å². The lowest BCUT2D eigenvalue weighted by atomic mass is 9.68. The molecule has 1 aliphatic carbocycles. The first-order valence-electron chi connectivity index (χ1n) is 6.80. The van der Waals surface area contributed by atoms with Gasteiger partial charge in [0.1, 0.15) is 11.2 Å². The van der Waals surface area contributed by atoms with Gasteiger partial charge in [-0.15, -0.1) is 0 Å². The number of esters is 2. The van der Waals surface area contributed by atoms with Crippen LogP contribution in [0, 0.1) is 5.92 Å². The second-order valence-corrected chi connectivity index (χ2v) is 6.06. The van der Waals surface area contributed by atoms with Crippen LogP contribution in [0.25, 0.3) is 0 Å². The van der Waals surface area contributed by atoms with Crippen LogP contribution in [0.4, 0.5) is 0 Å². The fourth-order valence-corrected chi connectivity index (χ4v) is 2.65. The zero-order chi connectivity index (χ0) is 15.7. The normalized spacial score (nSPS) is 37.6. The summed E-state index contributed by atoms with van der Waals surface area (Å²) in [5, 5.41) is 21.2. The minimum absolute atomic E-state index is 0.221. The SMILES string of the molecule is CC(=O)O[C@@H]1[C@@H](OC(C)=O)[C@](O)(C(C)C)CC[C@]1(C)O. The predicted molar refractivity (Wildman–Crippen MR) is 70.8 cm³/mol. The third kappa shape index (κ3) is 3.30. The van der Waals surface area contributed by atoms with Gasteiger partial charge < -0.3 is 19.7 Å². The van der Waals surface area contributed by atoms with Gasteiger partial charge >= 0.3 is 11.9 Å². The van der Waals surface area contributed by atoms with Gasteiger partial charge in [0.15, 0.2) is 12.2 Å². The highest BCUT2D eigenvalue weighted by Crippen LogP contribution is 2.42. The molecule has 0 aromatic rings. The van der Waals surface area contributed by atoms with Crippen molar-refractivity contribution in [2.75, 3.05) is 0 Å². The molecular formula is C14H24O6. The molecule has 0 radical (unpaired) electrons. The minimum Gasteiger partial charge on any atom is -0.455 e. The van der Waals surface area contributed by atoms with E-state index in [1.54, 1.807) is 13.8 Å². The largest absolute Gasteiger partial charge is 0.455 e. The highest BCUT2D eigenvalue weighted by Gasteiger charge is 2.58. The first-order valence-corrected chi connectivity index (χ1v) is 6.80. The molecule has 4 atom stereocenters. The summed E-state index contributed by atoms with van der Waals surface area (Å²) in [6, 6.07) is 0. The molecule has 0 heterocycles. The topological polar surface area (TPSA) is 93.1 Å². The zero-order valence-corrected chi connectivity index (χ0v) is 12.7. The maximum absolute atomic E-state index is 11.3. The molecule has 0 spiro atoms. The molecule has 6 nitrogen and oxygen atoms in total. The quantitative estimate of drug-likeness (QED) is 0.746. The van der Waals surface area contributed by atoms with Crippen LogP contribution in [0.15, 0.2) is 0 Å². The second-order valence-electron chi connectivity index (χ2n) is 6.06. The lowest BCUT2D eigenvalue weighted by molar-refractivity contribution is -0.248. The molecule has 116 valence electrons. The Balaban J connectivity index is 3.20. The highest BCUT2D eigenvalue weighted by atomic mass is 16.6. The van der Waals surface area contributed by atoms with Crippen molar-refractivity contribution in [2.24, 2.45) is 5.92 Å². The van der Waals surface area contributed by atoms with E-state index in [0.29, 0.717) is 0 Å². The molecule has 1 rings (SSSR count). The Morgan fingerprint density at radius 2 is 1.50 bits per heavy atom. The molecule has 0 aromatic carbocycles. The van der Waals surface area contributed by atoms with Gasteiger partial charge in [-0.2, -0.15) is 0 Å². The zero-order valence-electron chi connectivity index (χ0n) is 12.7. The fourth-order valence-electron chi connectivity index (χ4n) is 2.65. The van der Waals surface area contributed by atoms with Crippen molar-refractivity contribution >= 4 is 11.9 Å². The average Bonchev–Trinajstić information content (AvgIpc) is 2.28. The van der Waals surface area contributed by atoms with Crippen molar-refractivity contribution in [1.29, 1.82) is 0 Å². The maximum Gasteiger partial charge on any atom is 0.303 e. The van der Waals surface area contributed by atoms with Crippen LogP contribution >= 0.6 is 0 Å². The summed E-state index contributed by atoms with van der Waals surface area (Å²) in [7, 11) is 0. The Labute approximate surface area is 119 Å². The van der Waals surface area contributed by atoms with E-state index in [-0.39, 0.29) is 18.8 Å². The Morgan fingerprint density at radius 1 is 1.05 bits per heavy atom. The second kappa shape index (κ2) is 5.69. The first kappa shape index (κ1) is 16.9. The van der Waals surface area contributed by atoms with Crippen molar-refractivity contribution in [1.82, 2.24) is 0 Å². The molecule has 1 aliphatic rings. The summed E-state index contributed by atoms with van der Waals surface area (Å²) >= 11 is 0. The van der Waals surface area contributed by atoms with E-state index in [0.717, 1.165) is 0 Å². The van der Waals surface area contributed by atoms with Crippen LogP contribution in [-0.2, 0) is 19.1 Å². The molecule has 20 heavy (non-hydrogen) atoms. The predicted octanol–water partition coefficient (Wildman–Crippen LogP) is 0.782. The summed E-state index contributed by atoms with van der Waals surface area (Å²) in [6.07, 6.45) is -1.68. The monoisotopic (exact) mass is 288 g/mol. The average molecular weight is 288 g/mol. The summed E-state index contributed by atoms with van der Waals surface area (Å²) in [5.74, 6) is -1.41. The summed E-state index contributed by atoms with van der Waals surface area (Å²) < 4.78 is 10.3. The van der Waals surface area contributed by atoms with E-state index < -0.39 is 35.3 Å². The molecular weight excluding hydrogens is 264 g/mol. The van der Waals surface area contributed by atoms with Crippen LogP contribution in [0.5, 0.6) is 0 Å². The van der Waals surface area contributed by atoms with E-state index >= 15 is 0 Å². The van der Waals surface area contributed by atoms with E-state index in [1.807, 2.05) is 0 Å². The highest BCUT2D eigenvalue weighted by molar-refractivity contribution is 5.67. The van der Waals surface area contributed by atoms with E-state index in [4.69, 9.17) is 9.47 Å². The van der Waals surface area contributed by atoms with Gasteiger partial charge in [0, 0.05) is 13.8 Å². The molecule has 6 heteroatoms. The van der Waals surface area contributed by atoms with Crippen LogP contribution in [0.2, 0.25) is 0 Å². The lowest BCUT2D eigenvalue weighted by Gasteiger charge is -2.50. The number of carbonyl (C=O) groups excluding carboxylic acids is 2. The molecule has 0 amide bonds. The molecule has 0 unspecified atom stereocenters. The summed E-state index contributed by atoms with van der Waals surface area (Å²) in [4.78, 5) is 22.6. The van der Waals surface area contributed by atoms with E-state index in [9.17, 15) is 19.8 Å². The Hall–Kier alpha value is -1.14. The number of hydrogen-bond acceptors (Lipinski definition) is 6. The van der Waals surface area contributed by atoms with Crippen LogP contribution < -0.4 is 0 Å². The van der Waals surface area contributed by atoms with E-state index in [2.05, 4.69) is 0 Å². The first-order chi connectivity index (χ1) is 9.00. The number of hydrogen-bond donors (Lipinski definition) is 2. The molecule has 2 N–H and O–H groups in total. The third-order valence-electron chi connectivity index (χ3n) is 4.00. The molecule has 1 fully saturated rings.